The van der Waals surface area contributed by atoms with Gasteiger partial charge < -0.3 is 28.8 Å². The van der Waals surface area contributed by atoms with Gasteiger partial charge >= 0.3 is 5.97 Å². The van der Waals surface area contributed by atoms with Crippen molar-refractivity contribution in [2.75, 3.05) is 21.0 Å². The van der Waals surface area contributed by atoms with E-state index in [2.05, 4.69) is 6.58 Å². The molecule has 0 aromatic heterocycles. The van der Waals surface area contributed by atoms with E-state index in [1.54, 1.807) is 12.2 Å². The molecule has 0 radical (unpaired) electrons. The van der Waals surface area contributed by atoms with E-state index in [4.69, 9.17) is 23.7 Å². The Morgan fingerprint density at radius 2 is 2.07 bits per heavy atom. The standard InChI is InChI=1S/C21H24O7/c1-5-8-20-10-16(24-3)18(22)28-21(25-4,19(20)23)17(12(20)2)13-6-7-14-15(9-13)27-11-26-14/h5-7,9-10,12,17,19,23H,1,8,11H2,2-4H3/t12-,17+,19-,20-,21+/m1/s1. The van der Waals surface area contributed by atoms with Gasteiger partial charge in [0.2, 0.25) is 18.3 Å². The Hall–Kier alpha value is -2.51. The number of aliphatic hydroxyl groups is 1. The maximum Gasteiger partial charge on any atom is 0.375 e. The van der Waals surface area contributed by atoms with Gasteiger partial charge in [-0.05, 0) is 36.1 Å². The monoisotopic (exact) mass is 388 g/mol. The third-order valence-corrected chi connectivity index (χ3v) is 6.32. The number of methoxy groups -OCH3 is 2. The van der Waals surface area contributed by atoms with Gasteiger partial charge in [0.05, 0.1) is 13.0 Å². The minimum Gasteiger partial charge on any atom is -0.490 e. The molecule has 2 heterocycles. The minimum absolute atomic E-state index is 0.0517. The predicted octanol–water partition coefficient (Wildman–Crippen LogP) is 2.50. The fourth-order valence-electron chi connectivity index (χ4n) is 4.94. The third kappa shape index (κ3) is 2.32. The molecule has 150 valence electrons. The van der Waals surface area contributed by atoms with E-state index in [9.17, 15) is 9.90 Å². The highest BCUT2D eigenvalue weighted by molar-refractivity contribution is 5.87. The summed E-state index contributed by atoms with van der Waals surface area (Å²) in [7, 11) is 2.84. The smallest absolute Gasteiger partial charge is 0.375 e. The van der Waals surface area contributed by atoms with Crippen molar-refractivity contribution in [3.63, 3.8) is 0 Å². The predicted molar refractivity (Wildman–Crippen MR) is 98.6 cm³/mol. The van der Waals surface area contributed by atoms with Crippen LogP contribution < -0.4 is 9.47 Å². The van der Waals surface area contributed by atoms with Crippen molar-refractivity contribution in [1.82, 2.24) is 0 Å². The van der Waals surface area contributed by atoms with Crippen LogP contribution in [0.5, 0.6) is 11.5 Å². The zero-order valence-electron chi connectivity index (χ0n) is 16.1. The van der Waals surface area contributed by atoms with E-state index in [-0.39, 0.29) is 18.5 Å². The second-order valence-electron chi connectivity index (χ2n) is 7.41. The van der Waals surface area contributed by atoms with Crippen LogP contribution in [-0.2, 0) is 19.0 Å². The van der Waals surface area contributed by atoms with Gasteiger partial charge in [-0.15, -0.1) is 6.58 Å². The molecule has 0 amide bonds. The van der Waals surface area contributed by atoms with Gasteiger partial charge in [-0.25, -0.2) is 4.79 Å². The molecular formula is C21H24O7. The van der Waals surface area contributed by atoms with E-state index in [0.29, 0.717) is 17.9 Å². The SMILES string of the molecule is C=CC[C@@]12C=C(OC)C(=O)O[C@@](OC)([C@H](c3ccc4c(c3)OCO4)[C@H]1C)[C@@H]2O. The molecule has 1 N–H and O–H groups in total. The highest BCUT2D eigenvalue weighted by Crippen LogP contribution is 2.62. The minimum atomic E-state index is -1.58. The third-order valence-electron chi connectivity index (χ3n) is 6.32. The molecule has 2 aliphatic heterocycles. The number of aliphatic hydroxyl groups excluding tert-OH is 1. The fraction of sp³-hybridized carbons (Fsp3) is 0.476. The Labute approximate surface area is 163 Å². The van der Waals surface area contributed by atoms with Crippen LogP contribution in [0.1, 0.15) is 24.8 Å². The van der Waals surface area contributed by atoms with Crippen LogP contribution in [-0.4, -0.2) is 44.0 Å². The number of ether oxygens (including phenoxy) is 5. The van der Waals surface area contributed by atoms with Crippen LogP contribution >= 0.6 is 0 Å². The molecule has 0 unspecified atom stereocenters. The molecule has 7 nitrogen and oxygen atoms in total. The summed E-state index contributed by atoms with van der Waals surface area (Å²) in [5.41, 5.74) is -0.0262. The summed E-state index contributed by atoms with van der Waals surface area (Å²) in [6.07, 6.45) is 2.69. The molecule has 1 aromatic carbocycles. The van der Waals surface area contributed by atoms with E-state index in [0.717, 1.165) is 5.56 Å². The molecular weight excluding hydrogens is 364 g/mol. The first-order chi connectivity index (χ1) is 13.4. The Morgan fingerprint density at radius 3 is 2.75 bits per heavy atom. The maximum absolute atomic E-state index is 12.7. The van der Waals surface area contributed by atoms with Gasteiger partial charge in [-0.3, -0.25) is 0 Å². The molecule has 1 saturated carbocycles. The average Bonchev–Trinajstić information content (AvgIpc) is 3.19. The number of hydrogen-bond donors (Lipinski definition) is 1. The average molecular weight is 388 g/mol. The summed E-state index contributed by atoms with van der Waals surface area (Å²) in [6.45, 7) is 6.01. The maximum atomic E-state index is 12.7. The van der Waals surface area contributed by atoms with Crippen molar-refractivity contribution in [1.29, 1.82) is 0 Å². The molecule has 3 aliphatic rings. The zero-order valence-corrected chi connectivity index (χ0v) is 16.1. The van der Waals surface area contributed by atoms with Crippen molar-refractivity contribution < 1.29 is 33.6 Å². The van der Waals surface area contributed by atoms with E-state index in [1.807, 2.05) is 25.1 Å². The molecule has 1 aromatic rings. The summed E-state index contributed by atoms with van der Waals surface area (Å²) >= 11 is 0. The summed E-state index contributed by atoms with van der Waals surface area (Å²) < 4.78 is 27.7. The number of carbonyl (C=O) groups is 1. The number of hydrogen-bond acceptors (Lipinski definition) is 7. The number of rotatable bonds is 5. The molecule has 4 rings (SSSR count). The lowest BCUT2D eigenvalue weighted by atomic mass is 9.71. The fourth-order valence-corrected chi connectivity index (χ4v) is 4.94. The van der Waals surface area contributed by atoms with E-state index in [1.165, 1.54) is 14.2 Å². The van der Waals surface area contributed by atoms with E-state index >= 15 is 0 Å². The van der Waals surface area contributed by atoms with Crippen molar-refractivity contribution in [2.45, 2.75) is 31.2 Å². The zero-order chi connectivity index (χ0) is 20.1. The normalized spacial score (nSPS) is 35.8. The molecule has 5 atom stereocenters. The topological polar surface area (TPSA) is 83.5 Å². The molecule has 2 bridgehead atoms. The first kappa shape index (κ1) is 18.8. The molecule has 1 aliphatic carbocycles. The van der Waals surface area contributed by atoms with Crippen molar-refractivity contribution in [3.05, 3.63) is 48.3 Å². The first-order valence-electron chi connectivity index (χ1n) is 9.17. The Balaban J connectivity index is 1.92. The Morgan fingerprint density at radius 1 is 1.32 bits per heavy atom. The van der Waals surface area contributed by atoms with Crippen LogP contribution in [0, 0.1) is 11.3 Å². The van der Waals surface area contributed by atoms with Gasteiger partial charge in [0.25, 0.3) is 0 Å². The van der Waals surface area contributed by atoms with Gasteiger partial charge in [-0.1, -0.05) is 19.1 Å². The van der Waals surface area contributed by atoms with Gasteiger partial charge in [-0.2, -0.15) is 0 Å². The van der Waals surface area contributed by atoms with Crippen molar-refractivity contribution in [3.8, 4) is 11.5 Å². The summed E-state index contributed by atoms with van der Waals surface area (Å²) in [4.78, 5) is 12.7. The van der Waals surface area contributed by atoms with Gasteiger partial charge in [0, 0.05) is 12.5 Å². The highest BCUT2D eigenvalue weighted by atomic mass is 16.7. The quantitative estimate of drug-likeness (QED) is 0.613. The van der Waals surface area contributed by atoms with Crippen LogP contribution in [0.2, 0.25) is 0 Å². The summed E-state index contributed by atoms with van der Waals surface area (Å²) in [5.74, 6) is -1.55. The molecule has 0 saturated heterocycles. The van der Waals surface area contributed by atoms with Crippen LogP contribution in [0.25, 0.3) is 0 Å². The van der Waals surface area contributed by atoms with Crippen LogP contribution in [0.3, 0.4) is 0 Å². The lowest BCUT2D eigenvalue weighted by Crippen LogP contribution is -2.50. The van der Waals surface area contributed by atoms with Crippen LogP contribution in [0.4, 0.5) is 0 Å². The summed E-state index contributed by atoms with van der Waals surface area (Å²) in [6, 6.07) is 5.55. The highest BCUT2D eigenvalue weighted by Gasteiger charge is 2.70. The van der Waals surface area contributed by atoms with Crippen molar-refractivity contribution >= 4 is 5.97 Å². The molecule has 1 fully saturated rings. The largest absolute Gasteiger partial charge is 0.490 e. The number of fused-ring (bicyclic) bond motifs is 3. The number of esters is 1. The lowest BCUT2D eigenvalue weighted by Gasteiger charge is -2.36. The first-order valence-corrected chi connectivity index (χ1v) is 9.17. The second-order valence-corrected chi connectivity index (χ2v) is 7.41. The summed E-state index contributed by atoms with van der Waals surface area (Å²) in [5, 5.41) is 11.4. The Kier molecular flexibility index (Phi) is 4.39. The van der Waals surface area contributed by atoms with Crippen LogP contribution in [0.15, 0.2) is 42.7 Å². The van der Waals surface area contributed by atoms with Crippen molar-refractivity contribution in [2.24, 2.45) is 11.3 Å². The lowest BCUT2D eigenvalue weighted by molar-refractivity contribution is -0.261. The molecule has 7 heteroatoms. The molecule has 28 heavy (non-hydrogen) atoms. The Bertz CT molecular complexity index is 847. The number of allylic oxidation sites excluding steroid dienone is 1. The number of carbonyl (C=O) groups excluding carboxylic acids is 1. The second kappa shape index (κ2) is 6.53. The number of benzene rings is 1. The van der Waals surface area contributed by atoms with Gasteiger partial charge in [0.1, 0.15) is 6.10 Å². The van der Waals surface area contributed by atoms with E-state index < -0.39 is 29.2 Å². The molecule has 0 spiro atoms. The van der Waals surface area contributed by atoms with Gasteiger partial charge in [0.15, 0.2) is 11.5 Å².